The summed E-state index contributed by atoms with van der Waals surface area (Å²) >= 11 is 0. The molecule has 0 spiro atoms. The molecule has 17 heavy (non-hydrogen) atoms. The van der Waals surface area contributed by atoms with Crippen molar-refractivity contribution in [2.45, 2.75) is 26.8 Å². The Bertz CT molecular complexity index is 530. The first-order valence-corrected chi connectivity index (χ1v) is 5.91. The van der Waals surface area contributed by atoms with E-state index in [0.717, 1.165) is 29.8 Å². The molecule has 0 fully saturated rings. The Morgan fingerprint density at radius 3 is 2.94 bits per heavy atom. The van der Waals surface area contributed by atoms with Crippen molar-refractivity contribution in [3.05, 3.63) is 30.1 Å². The van der Waals surface area contributed by atoms with Crippen LogP contribution in [0.4, 0.5) is 0 Å². The summed E-state index contributed by atoms with van der Waals surface area (Å²) in [4.78, 5) is 16.1. The zero-order chi connectivity index (χ0) is 12.3. The number of rotatable bonds is 4. The topological polar surface area (TPSA) is 46.9 Å². The zero-order valence-corrected chi connectivity index (χ0v) is 10.2. The molecule has 0 radical (unpaired) electrons. The first kappa shape index (κ1) is 11.6. The number of carbonyl (C=O) groups excluding carboxylic acids is 1. The maximum absolute atomic E-state index is 11.7. The van der Waals surface area contributed by atoms with Gasteiger partial charge in [-0.3, -0.25) is 4.79 Å². The van der Waals surface area contributed by atoms with Crippen LogP contribution in [0.2, 0.25) is 0 Å². The van der Waals surface area contributed by atoms with E-state index in [2.05, 4.69) is 10.3 Å². The number of para-hydroxylation sites is 2. The fraction of sp³-hybridized carbons (Fsp3) is 0.385. The van der Waals surface area contributed by atoms with Crippen LogP contribution in [0.1, 0.15) is 19.2 Å². The largest absolute Gasteiger partial charge is 0.355 e. The Morgan fingerprint density at radius 2 is 2.18 bits per heavy atom. The maximum Gasteiger partial charge on any atom is 0.240 e. The number of nitrogens with one attached hydrogen (secondary N) is 1. The van der Waals surface area contributed by atoms with Crippen LogP contribution in [-0.2, 0) is 11.3 Å². The number of aryl methyl sites for hydroxylation is 1. The van der Waals surface area contributed by atoms with Crippen molar-refractivity contribution in [1.29, 1.82) is 0 Å². The number of hydrogen-bond acceptors (Lipinski definition) is 2. The molecule has 1 N–H and O–H groups in total. The van der Waals surface area contributed by atoms with E-state index >= 15 is 0 Å². The highest BCUT2D eigenvalue weighted by atomic mass is 16.1. The molecule has 2 aromatic rings. The molecule has 0 aliphatic rings. The predicted molar refractivity (Wildman–Crippen MR) is 67.8 cm³/mol. The summed E-state index contributed by atoms with van der Waals surface area (Å²) in [5.74, 6) is 0.913. The molecule has 1 aromatic heterocycles. The minimum absolute atomic E-state index is 0.0399. The van der Waals surface area contributed by atoms with Crippen LogP contribution in [0, 0.1) is 6.92 Å². The predicted octanol–water partition coefficient (Wildman–Crippen LogP) is 1.87. The fourth-order valence-corrected chi connectivity index (χ4v) is 1.86. The van der Waals surface area contributed by atoms with Crippen molar-refractivity contribution in [2.75, 3.05) is 6.54 Å². The minimum Gasteiger partial charge on any atom is -0.355 e. The molecule has 0 unspecified atom stereocenters. The number of amides is 1. The molecule has 0 saturated carbocycles. The van der Waals surface area contributed by atoms with Crippen molar-refractivity contribution in [2.24, 2.45) is 0 Å². The lowest BCUT2D eigenvalue weighted by molar-refractivity contribution is -0.121. The van der Waals surface area contributed by atoms with E-state index in [-0.39, 0.29) is 5.91 Å². The van der Waals surface area contributed by atoms with E-state index in [0.29, 0.717) is 6.54 Å². The van der Waals surface area contributed by atoms with E-state index < -0.39 is 0 Å². The van der Waals surface area contributed by atoms with Crippen LogP contribution in [0.3, 0.4) is 0 Å². The molecular weight excluding hydrogens is 214 g/mol. The quantitative estimate of drug-likeness (QED) is 0.873. The average molecular weight is 231 g/mol. The van der Waals surface area contributed by atoms with Gasteiger partial charge in [0.15, 0.2) is 0 Å². The second kappa shape index (κ2) is 4.99. The molecule has 0 saturated heterocycles. The van der Waals surface area contributed by atoms with Gasteiger partial charge >= 0.3 is 0 Å². The maximum atomic E-state index is 11.7. The molecule has 4 nitrogen and oxygen atoms in total. The second-order valence-corrected chi connectivity index (χ2v) is 4.08. The summed E-state index contributed by atoms with van der Waals surface area (Å²) in [6, 6.07) is 7.87. The van der Waals surface area contributed by atoms with Gasteiger partial charge in [-0.15, -0.1) is 0 Å². The van der Waals surface area contributed by atoms with Crippen molar-refractivity contribution >= 4 is 16.9 Å². The number of aromatic nitrogens is 2. The van der Waals surface area contributed by atoms with E-state index in [1.807, 2.05) is 42.7 Å². The van der Waals surface area contributed by atoms with Gasteiger partial charge in [-0.05, 0) is 25.5 Å². The Labute approximate surface area is 101 Å². The van der Waals surface area contributed by atoms with Crippen LogP contribution in [0.5, 0.6) is 0 Å². The summed E-state index contributed by atoms with van der Waals surface area (Å²) in [6.07, 6.45) is 0.954. The minimum atomic E-state index is 0.0399. The van der Waals surface area contributed by atoms with Crippen LogP contribution in [0.25, 0.3) is 11.0 Å². The highest BCUT2D eigenvalue weighted by Gasteiger charge is 2.09. The highest BCUT2D eigenvalue weighted by Crippen LogP contribution is 2.14. The molecule has 0 aliphatic carbocycles. The molecule has 0 aliphatic heterocycles. The fourth-order valence-electron chi connectivity index (χ4n) is 1.86. The van der Waals surface area contributed by atoms with Gasteiger partial charge in [0, 0.05) is 6.54 Å². The van der Waals surface area contributed by atoms with Gasteiger partial charge in [-0.25, -0.2) is 4.98 Å². The number of hydrogen-bond donors (Lipinski definition) is 1. The Balaban J connectivity index is 2.23. The van der Waals surface area contributed by atoms with Gasteiger partial charge in [0.05, 0.1) is 11.0 Å². The van der Waals surface area contributed by atoms with Gasteiger partial charge in [-0.2, -0.15) is 0 Å². The normalized spacial score (nSPS) is 10.7. The SMILES string of the molecule is CCCNC(=O)Cn1c(C)nc2ccccc21. The van der Waals surface area contributed by atoms with Gasteiger partial charge in [0.2, 0.25) is 5.91 Å². The molecule has 2 rings (SSSR count). The van der Waals surface area contributed by atoms with Crippen LogP contribution < -0.4 is 5.32 Å². The summed E-state index contributed by atoms with van der Waals surface area (Å²) < 4.78 is 1.94. The van der Waals surface area contributed by atoms with E-state index in [9.17, 15) is 4.79 Å². The van der Waals surface area contributed by atoms with Gasteiger partial charge < -0.3 is 9.88 Å². The smallest absolute Gasteiger partial charge is 0.240 e. The number of carbonyl (C=O) groups is 1. The van der Waals surface area contributed by atoms with Crippen LogP contribution in [0.15, 0.2) is 24.3 Å². The third-order valence-electron chi connectivity index (χ3n) is 2.72. The van der Waals surface area contributed by atoms with Gasteiger partial charge in [0.25, 0.3) is 0 Å². The Hall–Kier alpha value is -1.84. The molecular formula is C13H17N3O. The molecule has 0 bridgehead atoms. The third kappa shape index (κ3) is 2.46. The zero-order valence-electron chi connectivity index (χ0n) is 10.2. The lowest BCUT2D eigenvalue weighted by Crippen LogP contribution is -2.28. The monoisotopic (exact) mass is 231 g/mol. The van der Waals surface area contributed by atoms with Crippen molar-refractivity contribution in [3.63, 3.8) is 0 Å². The lowest BCUT2D eigenvalue weighted by Gasteiger charge is -2.07. The van der Waals surface area contributed by atoms with E-state index in [1.54, 1.807) is 0 Å². The second-order valence-electron chi connectivity index (χ2n) is 4.08. The number of imidazole rings is 1. The number of nitrogens with zero attached hydrogens (tertiary/aromatic N) is 2. The van der Waals surface area contributed by atoms with Gasteiger partial charge in [-0.1, -0.05) is 19.1 Å². The van der Waals surface area contributed by atoms with Crippen molar-refractivity contribution in [1.82, 2.24) is 14.9 Å². The van der Waals surface area contributed by atoms with Crippen molar-refractivity contribution in [3.8, 4) is 0 Å². The number of fused-ring (bicyclic) bond motifs is 1. The van der Waals surface area contributed by atoms with Crippen molar-refractivity contribution < 1.29 is 4.79 Å². The Kier molecular flexibility index (Phi) is 3.42. The van der Waals surface area contributed by atoms with Crippen LogP contribution >= 0.6 is 0 Å². The molecule has 1 amide bonds. The highest BCUT2D eigenvalue weighted by molar-refractivity contribution is 5.81. The first-order chi connectivity index (χ1) is 8.22. The molecule has 0 atom stereocenters. The summed E-state index contributed by atoms with van der Waals surface area (Å²) in [6.45, 7) is 5.03. The Morgan fingerprint density at radius 1 is 1.41 bits per heavy atom. The molecule has 1 aromatic carbocycles. The molecule has 90 valence electrons. The lowest BCUT2D eigenvalue weighted by atomic mass is 10.3. The average Bonchev–Trinajstić information content (AvgIpc) is 2.64. The van der Waals surface area contributed by atoms with E-state index in [4.69, 9.17) is 0 Å². The molecule has 1 heterocycles. The van der Waals surface area contributed by atoms with E-state index in [1.165, 1.54) is 0 Å². The third-order valence-corrected chi connectivity index (χ3v) is 2.72. The standard InChI is InChI=1S/C13H17N3O/c1-3-8-14-13(17)9-16-10(2)15-11-6-4-5-7-12(11)16/h4-7H,3,8-9H2,1-2H3,(H,14,17). The number of benzene rings is 1. The summed E-state index contributed by atoms with van der Waals surface area (Å²) in [5.41, 5.74) is 1.95. The summed E-state index contributed by atoms with van der Waals surface area (Å²) in [5, 5.41) is 2.87. The van der Waals surface area contributed by atoms with Crippen LogP contribution in [-0.4, -0.2) is 22.0 Å². The first-order valence-electron chi connectivity index (χ1n) is 5.91. The summed E-state index contributed by atoms with van der Waals surface area (Å²) in [7, 11) is 0. The van der Waals surface area contributed by atoms with Gasteiger partial charge in [0.1, 0.15) is 12.4 Å². The molecule has 4 heteroatoms.